The van der Waals surface area contributed by atoms with E-state index in [1.165, 1.54) is 29.8 Å². The van der Waals surface area contributed by atoms with Crippen molar-refractivity contribution in [2.24, 2.45) is 5.92 Å². The monoisotopic (exact) mass is 358 g/mol. The van der Waals surface area contributed by atoms with Crippen LogP contribution in [0.15, 0.2) is 24.3 Å². The zero-order valence-corrected chi connectivity index (χ0v) is 14.7. The Morgan fingerprint density at radius 1 is 1.42 bits per heavy atom. The maximum absolute atomic E-state index is 13.3. The van der Waals surface area contributed by atoms with Crippen molar-refractivity contribution in [3.8, 4) is 0 Å². The molecule has 2 rings (SSSR count). The molecule has 1 fully saturated rings. The minimum Gasteiger partial charge on any atom is -0.375 e. The van der Waals surface area contributed by atoms with Gasteiger partial charge in [-0.2, -0.15) is 0 Å². The molecule has 134 valence electrons. The number of hydrogen-bond acceptors (Lipinski definition) is 4. The van der Waals surface area contributed by atoms with Gasteiger partial charge in [0, 0.05) is 32.7 Å². The highest BCUT2D eigenvalue weighted by Gasteiger charge is 2.29. The molecule has 1 atom stereocenters. The molecule has 0 spiro atoms. The van der Waals surface area contributed by atoms with Gasteiger partial charge in [0.1, 0.15) is 5.82 Å². The summed E-state index contributed by atoms with van der Waals surface area (Å²) in [5, 5.41) is 2.82. The van der Waals surface area contributed by atoms with Gasteiger partial charge in [0.15, 0.2) is 0 Å². The molecule has 0 aromatic heterocycles. The summed E-state index contributed by atoms with van der Waals surface area (Å²) in [7, 11) is -1.69. The first kappa shape index (κ1) is 18.8. The van der Waals surface area contributed by atoms with Crippen molar-refractivity contribution in [2.75, 3.05) is 33.0 Å². The molecule has 0 bridgehead atoms. The second kappa shape index (κ2) is 8.04. The molecule has 1 aromatic rings. The molecule has 1 aromatic carbocycles. The van der Waals surface area contributed by atoms with Gasteiger partial charge < -0.3 is 10.1 Å². The van der Waals surface area contributed by atoms with Crippen molar-refractivity contribution < 1.29 is 22.3 Å². The summed E-state index contributed by atoms with van der Waals surface area (Å²) in [5.41, 5.74) is 0.657. The Bertz CT molecular complexity index is 672. The van der Waals surface area contributed by atoms with Crippen LogP contribution in [0.4, 0.5) is 4.39 Å². The highest BCUT2D eigenvalue weighted by Crippen LogP contribution is 2.20. The average Bonchev–Trinajstić information content (AvgIpc) is 2.54. The molecule has 1 N–H and O–H groups in total. The molecular weight excluding hydrogens is 335 g/mol. The van der Waals surface area contributed by atoms with Gasteiger partial charge in [-0.25, -0.2) is 17.1 Å². The van der Waals surface area contributed by atoms with E-state index in [1.807, 2.05) is 0 Å². The van der Waals surface area contributed by atoms with Crippen LogP contribution >= 0.6 is 0 Å². The maximum Gasteiger partial charge on any atom is 0.223 e. The Kier molecular flexibility index (Phi) is 6.31. The number of amides is 1. The maximum atomic E-state index is 13.3. The van der Waals surface area contributed by atoms with Gasteiger partial charge in [0.05, 0.1) is 12.4 Å². The van der Waals surface area contributed by atoms with Crippen LogP contribution in [0.5, 0.6) is 0 Å². The van der Waals surface area contributed by atoms with Crippen molar-refractivity contribution in [1.29, 1.82) is 0 Å². The lowest BCUT2D eigenvalue weighted by molar-refractivity contribution is -0.126. The van der Waals surface area contributed by atoms with E-state index in [2.05, 4.69) is 5.32 Å². The lowest BCUT2D eigenvalue weighted by Gasteiger charge is -2.29. The number of ether oxygens (including phenoxy) is 1. The van der Waals surface area contributed by atoms with Crippen molar-refractivity contribution in [3.63, 3.8) is 0 Å². The van der Waals surface area contributed by atoms with E-state index in [4.69, 9.17) is 4.74 Å². The van der Waals surface area contributed by atoms with Crippen LogP contribution in [0, 0.1) is 11.7 Å². The van der Waals surface area contributed by atoms with Crippen LogP contribution in [0.25, 0.3) is 0 Å². The van der Waals surface area contributed by atoms with E-state index in [9.17, 15) is 17.6 Å². The third-order valence-electron chi connectivity index (χ3n) is 4.26. The number of benzene rings is 1. The standard InChI is InChI=1S/C16H23FN2O4S/c1-23-15(13-4-3-5-14(17)10-13)11-18-16(20)12-6-8-19(9-7-12)24(2,21)22/h3-5,10,12,15H,6-9,11H2,1-2H3,(H,18,20)/t15-/m0/s1. The SMILES string of the molecule is CO[C@@H](CNC(=O)C1CCN(S(C)(=O)=O)CC1)c1cccc(F)c1. The van der Waals surface area contributed by atoms with Crippen molar-refractivity contribution in [3.05, 3.63) is 35.6 Å². The first-order valence-corrected chi connectivity index (χ1v) is 9.67. The summed E-state index contributed by atoms with van der Waals surface area (Å²) < 4.78 is 43.0. The van der Waals surface area contributed by atoms with E-state index in [0.717, 1.165) is 0 Å². The molecule has 1 aliphatic rings. The minimum absolute atomic E-state index is 0.124. The Hall–Kier alpha value is -1.51. The molecule has 1 amide bonds. The molecule has 0 radical (unpaired) electrons. The van der Waals surface area contributed by atoms with Crippen LogP contribution in [0.3, 0.4) is 0 Å². The predicted octanol–water partition coefficient (Wildman–Crippen LogP) is 1.30. The summed E-state index contributed by atoms with van der Waals surface area (Å²) in [4.78, 5) is 12.3. The number of nitrogens with one attached hydrogen (secondary N) is 1. The fraction of sp³-hybridized carbons (Fsp3) is 0.562. The third-order valence-corrected chi connectivity index (χ3v) is 5.56. The van der Waals surface area contributed by atoms with Gasteiger partial charge >= 0.3 is 0 Å². The summed E-state index contributed by atoms with van der Waals surface area (Å²) in [6.45, 7) is 0.953. The fourth-order valence-corrected chi connectivity index (χ4v) is 3.71. The second-order valence-electron chi connectivity index (χ2n) is 5.96. The number of sulfonamides is 1. The van der Waals surface area contributed by atoms with Gasteiger partial charge in [-0.05, 0) is 30.5 Å². The summed E-state index contributed by atoms with van der Waals surface area (Å²) in [6, 6.07) is 6.07. The smallest absolute Gasteiger partial charge is 0.223 e. The van der Waals surface area contributed by atoms with Gasteiger partial charge in [-0.1, -0.05) is 12.1 Å². The van der Waals surface area contributed by atoms with Gasteiger partial charge in [0.2, 0.25) is 15.9 Å². The summed E-state index contributed by atoms with van der Waals surface area (Å²) in [5.74, 6) is -0.691. The molecular formula is C16H23FN2O4S. The number of piperidine rings is 1. The third kappa shape index (κ3) is 4.99. The Morgan fingerprint density at radius 3 is 2.62 bits per heavy atom. The topological polar surface area (TPSA) is 75.7 Å². The zero-order chi connectivity index (χ0) is 17.7. The molecule has 6 nitrogen and oxygen atoms in total. The van der Waals surface area contributed by atoms with Crippen LogP contribution < -0.4 is 5.32 Å². The molecule has 24 heavy (non-hydrogen) atoms. The van der Waals surface area contributed by atoms with Gasteiger partial charge in [-0.15, -0.1) is 0 Å². The van der Waals surface area contributed by atoms with E-state index in [-0.39, 0.29) is 24.2 Å². The van der Waals surface area contributed by atoms with Gasteiger partial charge in [0.25, 0.3) is 0 Å². The lowest BCUT2D eigenvalue weighted by atomic mass is 9.97. The molecule has 0 aliphatic carbocycles. The minimum atomic E-state index is -3.20. The van der Waals surface area contributed by atoms with Crippen LogP contribution in [0.2, 0.25) is 0 Å². The average molecular weight is 358 g/mol. The number of methoxy groups -OCH3 is 1. The van der Waals surface area contributed by atoms with E-state index < -0.39 is 16.1 Å². The molecule has 1 aliphatic heterocycles. The number of carbonyl (C=O) groups excluding carboxylic acids is 1. The van der Waals surface area contributed by atoms with Crippen LogP contribution in [0.1, 0.15) is 24.5 Å². The van der Waals surface area contributed by atoms with Crippen LogP contribution in [-0.2, 0) is 19.6 Å². The molecule has 8 heteroatoms. The van der Waals surface area contributed by atoms with Crippen molar-refractivity contribution in [2.45, 2.75) is 18.9 Å². The predicted molar refractivity (Wildman–Crippen MR) is 88.3 cm³/mol. The Labute approximate surface area is 142 Å². The number of rotatable bonds is 6. The zero-order valence-electron chi connectivity index (χ0n) is 13.9. The summed E-state index contributed by atoms with van der Waals surface area (Å²) >= 11 is 0. The van der Waals surface area contributed by atoms with Crippen molar-refractivity contribution >= 4 is 15.9 Å². The van der Waals surface area contributed by atoms with Gasteiger partial charge in [-0.3, -0.25) is 4.79 Å². The molecule has 0 unspecified atom stereocenters. The fourth-order valence-electron chi connectivity index (χ4n) is 2.83. The molecule has 1 saturated heterocycles. The lowest BCUT2D eigenvalue weighted by Crippen LogP contribution is -2.43. The number of halogens is 1. The second-order valence-corrected chi connectivity index (χ2v) is 7.94. The summed E-state index contributed by atoms with van der Waals surface area (Å²) in [6.07, 6.45) is 1.74. The molecule has 0 saturated carbocycles. The normalized spacial score (nSPS) is 18.3. The van der Waals surface area contributed by atoms with Crippen molar-refractivity contribution in [1.82, 2.24) is 9.62 Å². The van der Waals surface area contributed by atoms with E-state index >= 15 is 0 Å². The van der Waals surface area contributed by atoms with Crippen LogP contribution in [-0.4, -0.2) is 51.6 Å². The Morgan fingerprint density at radius 2 is 2.08 bits per heavy atom. The highest BCUT2D eigenvalue weighted by molar-refractivity contribution is 7.88. The quantitative estimate of drug-likeness (QED) is 0.832. The van der Waals surface area contributed by atoms with E-state index in [1.54, 1.807) is 12.1 Å². The Balaban J connectivity index is 1.86. The molecule has 1 heterocycles. The first-order chi connectivity index (χ1) is 11.3. The largest absolute Gasteiger partial charge is 0.375 e. The first-order valence-electron chi connectivity index (χ1n) is 7.82. The highest BCUT2D eigenvalue weighted by atomic mass is 32.2. The number of nitrogens with zero attached hydrogens (tertiary/aromatic N) is 1. The number of carbonyl (C=O) groups is 1. The van der Waals surface area contributed by atoms with E-state index in [0.29, 0.717) is 31.5 Å². The number of hydrogen-bond donors (Lipinski definition) is 1.